The van der Waals surface area contributed by atoms with Gasteiger partial charge >= 0.3 is 5.97 Å². The summed E-state index contributed by atoms with van der Waals surface area (Å²) in [7, 11) is 2.14. The first kappa shape index (κ1) is 15.4. The normalized spacial score (nSPS) is 19.1. The van der Waals surface area contributed by atoms with Gasteiger partial charge in [-0.3, -0.25) is 10.1 Å². The topological polar surface area (TPSA) is 41.6 Å². The molecular formula is C14H28N2O2. The van der Waals surface area contributed by atoms with Crippen LogP contribution in [0.2, 0.25) is 0 Å². The summed E-state index contributed by atoms with van der Waals surface area (Å²) >= 11 is 0. The molecule has 0 spiro atoms. The molecule has 1 aliphatic rings. The molecule has 106 valence electrons. The largest absolute Gasteiger partial charge is 0.465 e. The number of carbonyl (C=O) groups is 1. The lowest BCUT2D eigenvalue weighted by molar-refractivity contribution is -0.151. The van der Waals surface area contributed by atoms with Gasteiger partial charge in [-0.15, -0.1) is 0 Å². The molecule has 0 radical (unpaired) electrons. The van der Waals surface area contributed by atoms with Crippen LogP contribution in [0.1, 0.15) is 47.0 Å². The summed E-state index contributed by atoms with van der Waals surface area (Å²) in [4.78, 5) is 14.4. The molecule has 0 aromatic carbocycles. The maximum Gasteiger partial charge on any atom is 0.326 e. The van der Waals surface area contributed by atoms with Gasteiger partial charge < -0.3 is 9.64 Å². The molecule has 0 aromatic rings. The standard InChI is InChI=1S/C14H28N2O2/c1-6-18-13(17)14(4,15-11(2)3)9-10-16(5)12-7-8-12/h11-12,15H,6-10H2,1-5H3. The Labute approximate surface area is 111 Å². The minimum Gasteiger partial charge on any atom is -0.465 e. The van der Waals surface area contributed by atoms with E-state index in [-0.39, 0.29) is 12.0 Å². The first-order valence-corrected chi connectivity index (χ1v) is 7.04. The highest BCUT2D eigenvalue weighted by molar-refractivity contribution is 5.80. The summed E-state index contributed by atoms with van der Waals surface area (Å²) in [5, 5.41) is 3.35. The second-order valence-electron chi connectivity index (χ2n) is 5.81. The van der Waals surface area contributed by atoms with Crippen molar-refractivity contribution in [3.63, 3.8) is 0 Å². The van der Waals surface area contributed by atoms with Crippen LogP contribution in [0.15, 0.2) is 0 Å². The van der Waals surface area contributed by atoms with Crippen molar-refractivity contribution in [2.75, 3.05) is 20.2 Å². The third kappa shape index (κ3) is 4.58. The van der Waals surface area contributed by atoms with Gasteiger partial charge in [0.25, 0.3) is 0 Å². The minimum atomic E-state index is -0.576. The van der Waals surface area contributed by atoms with E-state index in [4.69, 9.17) is 4.74 Å². The zero-order chi connectivity index (χ0) is 13.8. The number of rotatable bonds is 8. The predicted molar refractivity (Wildman–Crippen MR) is 73.6 cm³/mol. The Bertz CT molecular complexity index is 277. The minimum absolute atomic E-state index is 0.136. The molecule has 0 heterocycles. The van der Waals surface area contributed by atoms with Crippen LogP contribution in [0, 0.1) is 0 Å². The molecule has 1 N–H and O–H groups in total. The molecule has 4 nitrogen and oxygen atoms in total. The molecule has 0 saturated heterocycles. The molecule has 1 unspecified atom stereocenters. The van der Waals surface area contributed by atoms with Crippen molar-refractivity contribution in [1.82, 2.24) is 10.2 Å². The Morgan fingerprint density at radius 3 is 2.56 bits per heavy atom. The molecule has 1 rings (SSSR count). The fraction of sp³-hybridized carbons (Fsp3) is 0.929. The molecule has 0 aromatic heterocycles. The second-order valence-corrected chi connectivity index (χ2v) is 5.81. The molecule has 1 saturated carbocycles. The number of hydrogen-bond acceptors (Lipinski definition) is 4. The highest BCUT2D eigenvalue weighted by Crippen LogP contribution is 2.26. The second kappa shape index (κ2) is 6.53. The number of ether oxygens (including phenoxy) is 1. The van der Waals surface area contributed by atoms with Crippen LogP contribution in [0.3, 0.4) is 0 Å². The van der Waals surface area contributed by atoms with Gasteiger partial charge in [0.05, 0.1) is 6.61 Å². The quantitative estimate of drug-likeness (QED) is 0.672. The van der Waals surface area contributed by atoms with E-state index in [0.29, 0.717) is 6.61 Å². The average Bonchev–Trinajstić information content (AvgIpc) is 3.09. The van der Waals surface area contributed by atoms with E-state index >= 15 is 0 Å². The predicted octanol–water partition coefficient (Wildman–Crippen LogP) is 1.79. The Kier molecular flexibility index (Phi) is 5.60. The number of hydrogen-bond donors (Lipinski definition) is 1. The number of nitrogens with one attached hydrogen (secondary N) is 1. The van der Waals surface area contributed by atoms with Crippen LogP contribution in [0.5, 0.6) is 0 Å². The Hall–Kier alpha value is -0.610. The zero-order valence-electron chi connectivity index (χ0n) is 12.5. The molecule has 0 bridgehead atoms. The maximum atomic E-state index is 12.1. The Balaban J connectivity index is 2.54. The summed E-state index contributed by atoms with van der Waals surface area (Å²) in [6, 6.07) is 1.00. The number of carbonyl (C=O) groups excluding carboxylic acids is 1. The Morgan fingerprint density at radius 1 is 1.50 bits per heavy atom. The third-order valence-corrected chi connectivity index (χ3v) is 3.47. The molecule has 18 heavy (non-hydrogen) atoms. The first-order chi connectivity index (χ1) is 8.39. The maximum absolute atomic E-state index is 12.1. The molecule has 0 aliphatic heterocycles. The van der Waals surface area contributed by atoms with Gasteiger partial charge in [0.1, 0.15) is 5.54 Å². The summed E-state index contributed by atoms with van der Waals surface area (Å²) in [5.74, 6) is -0.136. The molecule has 1 fully saturated rings. The lowest BCUT2D eigenvalue weighted by Gasteiger charge is -2.32. The lowest BCUT2D eigenvalue weighted by atomic mass is 9.96. The van der Waals surface area contributed by atoms with E-state index in [9.17, 15) is 4.79 Å². The SMILES string of the molecule is CCOC(=O)C(C)(CCN(C)C1CC1)NC(C)C. The zero-order valence-corrected chi connectivity index (χ0v) is 12.5. The third-order valence-electron chi connectivity index (χ3n) is 3.47. The Morgan fingerprint density at radius 2 is 2.11 bits per heavy atom. The highest BCUT2D eigenvalue weighted by atomic mass is 16.5. The fourth-order valence-corrected chi connectivity index (χ4v) is 2.26. The van der Waals surface area contributed by atoms with Gasteiger partial charge in [-0.05, 0) is 54.0 Å². The van der Waals surface area contributed by atoms with Crippen LogP contribution >= 0.6 is 0 Å². The van der Waals surface area contributed by atoms with E-state index in [1.165, 1.54) is 12.8 Å². The van der Waals surface area contributed by atoms with Gasteiger partial charge in [-0.2, -0.15) is 0 Å². The smallest absolute Gasteiger partial charge is 0.326 e. The van der Waals surface area contributed by atoms with Crippen molar-refractivity contribution in [1.29, 1.82) is 0 Å². The summed E-state index contributed by atoms with van der Waals surface area (Å²) in [5.41, 5.74) is -0.576. The van der Waals surface area contributed by atoms with E-state index in [1.54, 1.807) is 0 Å². The van der Waals surface area contributed by atoms with Gasteiger partial charge in [0.2, 0.25) is 0 Å². The molecule has 4 heteroatoms. The molecule has 1 atom stereocenters. The van der Waals surface area contributed by atoms with E-state index in [0.717, 1.165) is 19.0 Å². The molecule has 0 amide bonds. The fourth-order valence-electron chi connectivity index (χ4n) is 2.26. The van der Waals surface area contributed by atoms with E-state index in [1.807, 2.05) is 13.8 Å². The van der Waals surface area contributed by atoms with Gasteiger partial charge in [-0.1, -0.05) is 0 Å². The van der Waals surface area contributed by atoms with Crippen LogP contribution in [-0.2, 0) is 9.53 Å². The summed E-state index contributed by atoms with van der Waals surface area (Å²) < 4.78 is 5.20. The van der Waals surface area contributed by atoms with Crippen LogP contribution in [0.25, 0.3) is 0 Å². The van der Waals surface area contributed by atoms with Crippen molar-refractivity contribution < 1.29 is 9.53 Å². The first-order valence-electron chi connectivity index (χ1n) is 7.04. The lowest BCUT2D eigenvalue weighted by Crippen LogP contribution is -2.54. The van der Waals surface area contributed by atoms with Crippen molar-refractivity contribution in [2.24, 2.45) is 0 Å². The van der Waals surface area contributed by atoms with E-state index in [2.05, 4.69) is 31.1 Å². The van der Waals surface area contributed by atoms with E-state index < -0.39 is 5.54 Å². The van der Waals surface area contributed by atoms with Gasteiger partial charge in [-0.25, -0.2) is 0 Å². The van der Waals surface area contributed by atoms with Crippen molar-refractivity contribution in [3.8, 4) is 0 Å². The average molecular weight is 256 g/mol. The molecular weight excluding hydrogens is 228 g/mol. The van der Waals surface area contributed by atoms with Crippen molar-refractivity contribution in [2.45, 2.75) is 64.6 Å². The van der Waals surface area contributed by atoms with Gasteiger partial charge in [0.15, 0.2) is 0 Å². The van der Waals surface area contributed by atoms with Crippen LogP contribution in [0.4, 0.5) is 0 Å². The highest BCUT2D eigenvalue weighted by Gasteiger charge is 2.36. The van der Waals surface area contributed by atoms with Crippen LogP contribution in [-0.4, -0.2) is 48.7 Å². The molecule has 1 aliphatic carbocycles. The van der Waals surface area contributed by atoms with Crippen molar-refractivity contribution >= 4 is 5.97 Å². The van der Waals surface area contributed by atoms with Gasteiger partial charge in [0, 0.05) is 18.6 Å². The number of esters is 1. The van der Waals surface area contributed by atoms with Crippen molar-refractivity contribution in [3.05, 3.63) is 0 Å². The summed E-state index contributed by atoms with van der Waals surface area (Å²) in [6.45, 7) is 9.28. The number of nitrogens with zero attached hydrogens (tertiary/aromatic N) is 1. The monoisotopic (exact) mass is 256 g/mol. The summed E-state index contributed by atoms with van der Waals surface area (Å²) in [6.07, 6.45) is 3.38. The van der Waals surface area contributed by atoms with Crippen LogP contribution < -0.4 is 5.32 Å².